The number of fused-ring (bicyclic) bond motifs is 2. The summed E-state index contributed by atoms with van der Waals surface area (Å²) in [7, 11) is 0. The fraction of sp³-hybridized carbons (Fsp3) is 0.500. The highest BCUT2D eigenvalue weighted by molar-refractivity contribution is 9.10. The Morgan fingerprint density at radius 2 is 1.81 bits per heavy atom. The van der Waals surface area contributed by atoms with Crippen molar-refractivity contribution in [3.05, 3.63) is 70.1 Å². The molecule has 1 amide bonds. The zero-order valence-corrected chi connectivity index (χ0v) is 32.8. The first-order valence-electron chi connectivity index (χ1n) is 18.7. The molecule has 1 saturated carbocycles. The van der Waals surface area contributed by atoms with Gasteiger partial charge in [-0.15, -0.1) is 0 Å². The van der Waals surface area contributed by atoms with Crippen LogP contribution in [0.3, 0.4) is 0 Å². The topological polar surface area (TPSA) is 172 Å². The van der Waals surface area contributed by atoms with Gasteiger partial charge in [-0.3, -0.25) is 23.9 Å². The molecule has 2 fully saturated rings. The van der Waals surface area contributed by atoms with E-state index < -0.39 is 6.04 Å². The Balaban J connectivity index is 1.16. The molecule has 1 aromatic carbocycles. The highest BCUT2D eigenvalue weighted by Crippen LogP contribution is 2.61. The number of rotatable bonds is 20. The van der Waals surface area contributed by atoms with Crippen molar-refractivity contribution in [3.8, 4) is 11.1 Å². The van der Waals surface area contributed by atoms with Gasteiger partial charge < -0.3 is 20.1 Å². The summed E-state index contributed by atoms with van der Waals surface area (Å²) >= 11 is 3.42. The van der Waals surface area contributed by atoms with Crippen LogP contribution in [0.4, 0.5) is 0 Å². The predicted molar refractivity (Wildman–Crippen MR) is 206 cm³/mol. The van der Waals surface area contributed by atoms with Crippen molar-refractivity contribution in [2.75, 3.05) is 33.0 Å². The van der Waals surface area contributed by atoms with Crippen molar-refractivity contribution < 1.29 is 28.7 Å². The summed E-state index contributed by atoms with van der Waals surface area (Å²) in [6, 6.07) is 8.87. The van der Waals surface area contributed by atoms with Crippen molar-refractivity contribution in [3.63, 3.8) is 0 Å². The van der Waals surface area contributed by atoms with E-state index in [1.165, 1.54) is 6.92 Å². The number of nitrogens with two attached hydrogens (primary N) is 1. The average molecular weight is 803 g/mol. The number of hydrogen-bond acceptors (Lipinski definition) is 11. The van der Waals surface area contributed by atoms with E-state index in [9.17, 15) is 19.2 Å². The number of nitrogens with zero attached hydrogens (tertiary/aromatic N) is 6. The van der Waals surface area contributed by atoms with Gasteiger partial charge in [0, 0.05) is 55.2 Å². The van der Waals surface area contributed by atoms with E-state index in [1.807, 2.05) is 42.2 Å². The minimum Gasteiger partial charge on any atom is -0.378 e. The molecule has 0 radical (unpaired) electrons. The average Bonchev–Trinajstić information content (AvgIpc) is 3.57. The van der Waals surface area contributed by atoms with Gasteiger partial charge in [0.2, 0.25) is 5.91 Å². The Kier molecular flexibility index (Phi) is 12.8. The van der Waals surface area contributed by atoms with Gasteiger partial charge in [0.25, 0.3) is 0 Å². The number of likely N-dealkylation sites (tertiary alicyclic amines) is 1. The number of unbranched alkanes of at least 4 members (excludes halogenated alkanes) is 1. The number of halogens is 1. The molecule has 2 aliphatic rings. The van der Waals surface area contributed by atoms with Crippen LogP contribution in [0.5, 0.6) is 0 Å². The van der Waals surface area contributed by atoms with Crippen molar-refractivity contribution in [1.29, 1.82) is 0 Å². The Morgan fingerprint density at radius 3 is 2.56 bits per heavy atom. The molecule has 0 bridgehead atoms. The van der Waals surface area contributed by atoms with E-state index >= 15 is 0 Å². The number of aryl methyl sites for hydroxylation is 2. The third-order valence-electron chi connectivity index (χ3n) is 10.5. The monoisotopic (exact) mass is 801 g/mol. The third kappa shape index (κ3) is 8.83. The van der Waals surface area contributed by atoms with Crippen molar-refractivity contribution in [2.45, 2.75) is 90.3 Å². The number of aromatic nitrogens is 5. The molecule has 2 N–H and O–H groups in total. The Bertz CT molecular complexity index is 2020. The van der Waals surface area contributed by atoms with Gasteiger partial charge in [0.1, 0.15) is 29.3 Å². The lowest BCUT2D eigenvalue weighted by atomic mass is 10.0. The predicted octanol–water partition coefficient (Wildman–Crippen LogP) is 5.02. The molecule has 3 aromatic heterocycles. The maximum atomic E-state index is 14.4. The zero-order valence-electron chi connectivity index (χ0n) is 31.2. The Labute approximate surface area is 323 Å². The maximum Gasteiger partial charge on any atom is 0.245 e. The summed E-state index contributed by atoms with van der Waals surface area (Å²) in [4.78, 5) is 68.8. The number of carbonyl (C=O) groups excluding carboxylic acids is 4. The van der Waals surface area contributed by atoms with E-state index in [1.54, 1.807) is 17.1 Å². The van der Waals surface area contributed by atoms with Crippen LogP contribution in [0.15, 0.2) is 47.3 Å². The summed E-state index contributed by atoms with van der Waals surface area (Å²) in [6.45, 7) is 7.06. The first kappa shape index (κ1) is 39.5. The number of piperidine rings is 1. The van der Waals surface area contributed by atoms with Crippen LogP contribution in [0.1, 0.15) is 79.9 Å². The van der Waals surface area contributed by atoms with E-state index in [0.717, 1.165) is 42.4 Å². The van der Waals surface area contributed by atoms with Crippen molar-refractivity contribution in [2.24, 2.45) is 11.7 Å². The van der Waals surface area contributed by atoms with Gasteiger partial charge in [0.05, 0.1) is 43.5 Å². The van der Waals surface area contributed by atoms with Crippen LogP contribution in [-0.2, 0) is 43.2 Å². The molecule has 4 aromatic rings. The standard InChI is InChI=1S/C40H48BrN7O6/c1-4-5-12-40-20-29(40)18-34(35(51)19-32-25(2)6-10-36(41)45-32)48(40)38(52)23-47-33-9-7-27(17-31(33)39(46-47)26(3)49)28-21-43-37(44-22-28)11-8-30(50)24-54-16-15-53-14-13-42/h6-7,9-10,17,21-22,29,34H,4-5,8,11-16,18-20,23-24,42H2,1-3H3/t29-,34-,40+/m0/s1. The fourth-order valence-corrected chi connectivity index (χ4v) is 8.00. The van der Waals surface area contributed by atoms with E-state index in [4.69, 9.17) is 15.2 Å². The largest absolute Gasteiger partial charge is 0.378 e. The van der Waals surface area contributed by atoms with Crippen LogP contribution in [0, 0.1) is 12.8 Å². The minimum atomic E-state index is -0.532. The number of pyridine rings is 1. The molecule has 1 saturated heterocycles. The van der Waals surface area contributed by atoms with Gasteiger partial charge in [-0.25, -0.2) is 15.0 Å². The second kappa shape index (κ2) is 17.5. The van der Waals surface area contributed by atoms with Crippen molar-refractivity contribution >= 4 is 50.1 Å². The molecule has 14 heteroatoms. The number of ether oxygens (including phenoxy) is 2. The minimum absolute atomic E-state index is 0.00281. The third-order valence-corrected chi connectivity index (χ3v) is 11.0. The van der Waals surface area contributed by atoms with E-state index in [2.05, 4.69) is 42.9 Å². The second-order valence-electron chi connectivity index (χ2n) is 14.3. The first-order chi connectivity index (χ1) is 26.0. The fourth-order valence-electron chi connectivity index (χ4n) is 7.65. The molecule has 286 valence electrons. The van der Waals surface area contributed by atoms with Crippen LogP contribution < -0.4 is 5.73 Å². The molecule has 0 unspecified atom stereocenters. The number of carbonyl (C=O) groups is 4. The molecule has 54 heavy (non-hydrogen) atoms. The van der Waals surface area contributed by atoms with E-state index in [0.29, 0.717) is 72.1 Å². The summed E-state index contributed by atoms with van der Waals surface area (Å²) < 4.78 is 12.9. The summed E-state index contributed by atoms with van der Waals surface area (Å²) in [5.74, 6) is 0.382. The lowest BCUT2D eigenvalue weighted by Gasteiger charge is -2.34. The molecule has 1 aliphatic carbocycles. The SMILES string of the molecule is CCCC[C@@]12C[C@@H]1C[C@@H](C(=O)Cc1nc(Br)ccc1C)N2C(=O)Cn1nc(C(C)=O)c2cc(-c3cnc(CCC(=O)COCCOCCN)nc3)ccc21. The quantitative estimate of drug-likeness (QED) is 0.0723. The molecule has 6 rings (SSSR count). The van der Waals surface area contributed by atoms with Gasteiger partial charge in [-0.2, -0.15) is 5.10 Å². The summed E-state index contributed by atoms with van der Waals surface area (Å²) in [5.41, 5.74) is 9.13. The molecule has 13 nitrogen and oxygen atoms in total. The first-order valence-corrected chi connectivity index (χ1v) is 19.5. The summed E-state index contributed by atoms with van der Waals surface area (Å²) in [5, 5.41) is 5.26. The Morgan fingerprint density at radius 1 is 1.04 bits per heavy atom. The highest BCUT2D eigenvalue weighted by Gasteiger charge is 2.67. The molecule has 1 aliphatic heterocycles. The van der Waals surface area contributed by atoms with Crippen LogP contribution in [-0.4, -0.2) is 97.4 Å². The molecule has 0 spiro atoms. The van der Waals surface area contributed by atoms with Gasteiger partial charge in [-0.05, 0) is 77.4 Å². The number of benzene rings is 1. The van der Waals surface area contributed by atoms with Crippen LogP contribution in [0.25, 0.3) is 22.0 Å². The summed E-state index contributed by atoms with van der Waals surface area (Å²) in [6.07, 6.45) is 8.56. The highest BCUT2D eigenvalue weighted by atomic mass is 79.9. The molecule has 4 heterocycles. The van der Waals surface area contributed by atoms with E-state index in [-0.39, 0.29) is 60.5 Å². The van der Waals surface area contributed by atoms with Crippen LogP contribution in [0.2, 0.25) is 0 Å². The number of ketones is 3. The molecular formula is C40H48BrN7O6. The van der Waals surface area contributed by atoms with Gasteiger partial charge >= 0.3 is 0 Å². The van der Waals surface area contributed by atoms with Gasteiger partial charge in [-0.1, -0.05) is 31.9 Å². The lowest BCUT2D eigenvalue weighted by Crippen LogP contribution is -2.50. The van der Waals surface area contributed by atoms with Crippen LogP contribution >= 0.6 is 15.9 Å². The molecule has 3 atom stereocenters. The Hall–Kier alpha value is -4.24. The number of Topliss-reactive ketones (excluding diaryl/α,β-unsaturated/α-hetero) is 3. The maximum absolute atomic E-state index is 14.4. The number of hydrogen-bond donors (Lipinski definition) is 1. The number of amides is 1. The second-order valence-corrected chi connectivity index (χ2v) is 15.2. The smallest absolute Gasteiger partial charge is 0.245 e. The molecular weight excluding hydrogens is 754 g/mol. The van der Waals surface area contributed by atoms with Gasteiger partial charge in [0.15, 0.2) is 17.3 Å². The lowest BCUT2D eigenvalue weighted by molar-refractivity contribution is -0.142. The van der Waals surface area contributed by atoms with Crippen molar-refractivity contribution in [1.82, 2.24) is 29.6 Å². The normalized spacial score (nSPS) is 18.9. The zero-order chi connectivity index (χ0) is 38.4.